The highest BCUT2D eigenvalue weighted by atomic mass is 79.9. The Hall–Kier alpha value is -0.540. The van der Waals surface area contributed by atoms with E-state index in [1.165, 1.54) is 5.56 Å². The van der Waals surface area contributed by atoms with Gasteiger partial charge in [-0.15, -0.1) is 0 Å². The molecule has 0 saturated heterocycles. The Balaban J connectivity index is 2.98. The van der Waals surface area contributed by atoms with Crippen molar-refractivity contribution in [2.24, 2.45) is 5.41 Å². The van der Waals surface area contributed by atoms with Crippen LogP contribution >= 0.6 is 15.9 Å². The molecule has 108 valence electrons. The van der Waals surface area contributed by atoms with E-state index < -0.39 is 0 Å². The van der Waals surface area contributed by atoms with Crippen LogP contribution in [-0.2, 0) is 0 Å². The van der Waals surface area contributed by atoms with Gasteiger partial charge in [0.2, 0.25) is 0 Å². The van der Waals surface area contributed by atoms with Crippen LogP contribution in [0.25, 0.3) is 0 Å². The molecule has 1 N–H and O–H groups in total. The van der Waals surface area contributed by atoms with Crippen molar-refractivity contribution in [2.45, 2.75) is 46.6 Å². The smallest absolute Gasteiger partial charge is 0.133 e. The molecule has 0 radical (unpaired) electrons. The lowest BCUT2D eigenvalue weighted by Gasteiger charge is -2.34. The third-order valence-corrected chi connectivity index (χ3v) is 4.35. The summed E-state index contributed by atoms with van der Waals surface area (Å²) < 4.78 is 6.73. The molecule has 0 aliphatic heterocycles. The minimum absolute atomic E-state index is 0.222. The van der Waals surface area contributed by atoms with E-state index in [1.807, 2.05) is 7.05 Å². The Morgan fingerprint density at radius 2 is 2.00 bits per heavy atom. The molecule has 1 atom stereocenters. The molecule has 19 heavy (non-hydrogen) atoms. The average Bonchev–Trinajstić information content (AvgIpc) is 2.38. The van der Waals surface area contributed by atoms with Gasteiger partial charge < -0.3 is 10.1 Å². The molecule has 1 aromatic rings. The third-order valence-electron chi connectivity index (χ3n) is 3.73. The summed E-state index contributed by atoms with van der Waals surface area (Å²) in [5.74, 6) is 0.926. The fraction of sp³-hybridized carbons (Fsp3) is 0.625. The number of hydrogen-bond donors (Lipinski definition) is 1. The van der Waals surface area contributed by atoms with Gasteiger partial charge in [-0.25, -0.2) is 0 Å². The molecule has 0 aliphatic carbocycles. The van der Waals surface area contributed by atoms with Crippen LogP contribution in [0.2, 0.25) is 0 Å². The number of ether oxygens (including phenoxy) is 1. The number of rotatable bonds is 7. The molecular formula is C16H26BrNO. The van der Waals surface area contributed by atoms with Gasteiger partial charge in [-0.2, -0.15) is 0 Å². The van der Waals surface area contributed by atoms with Gasteiger partial charge >= 0.3 is 0 Å². The molecule has 0 heterocycles. The van der Waals surface area contributed by atoms with Gasteiger partial charge in [0.15, 0.2) is 0 Å². The van der Waals surface area contributed by atoms with E-state index in [0.717, 1.165) is 29.7 Å². The molecule has 0 saturated carbocycles. The van der Waals surface area contributed by atoms with Gasteiger partial charge in [0.25, 0.3) is 0 Å². The van der Waals surface area contributed by atoms with Crippen LogP contribution in [0.4, 0.5) is 0 Å². The lowest BCUT2D eigenvalue weighted by atomic mass is 9.78. The van der Waals surface area contributed by atoms with Crippen molar-refractivity contribution >= 4 is 15.9 Å². The Morgan fingerprint density at radius 3 is 2.47 bits per heavy atom. The first-order valence-electron chi connectivity index (χ1n) is 7.05. The van der Waals surface area contributed by atoms with Gasteiger partial charge in [-0.05, 0) is 58.9 Å². The Labute approximate surface area is 126 Å². The maximum Gasteiger partial charge on any atom is 0.133 e. The Morgan fingerprint density at radius 1 is 1.32 bits per heavy atom. The molecule has 0 fully saturated rings. The van der Waals surface area contributed by atoms with E-state index in [2.05, 4.69) is 67.1 Å². The molecule has 3 heteroatoms. The SMILES string of the molecule is CCCOc1ccc(C(NC)C(C)(C)CC)cc1Br. The Bertz CT molecular complexity index is 404. The van der Waals surface area contributed by atoms with Crippen molar-refractivity contribution < 1.29 is 4.74 Å². The van der Waals surface area contributed by atoms with Crippen LogP contribution in [0.1, 0.15) is 52.1 Å². The number of hydrogen-bond acceptors (Lipinski definition) is 2. The predicted molar refractivity (Wildman–Crippen MR) is 85.8 cm³/mol. The molecular weight excluding hydrogens is 302 g/mol. The van der Waals surface area contributed by atoms with Crippen molar-refractivity contribution in [1.82, 2.24) is 5.32 Å². The maximum absolute atomic E-state index is 5.70. The highest BCUT2D eigenvalue weighted by Crippen LogP contribution is 2.38. The highest BCUT2D eigenvalue weighted by molar-refractivity contribution is 9.10. The lowest BCUT2D eigenvalue weighted by Crippen LogP contribution is -2.31. The molecule has 0 bridgehead atoms. The van der Waals surface area contributed by atoms with Crippen LogP contribution in [0.15, 0.2) is 22.7 Å². The molecule has 1 rings (SSSR count). The van der Waals surface area contributed by atoms with Crippen LogP contribution in [0, 0.1) is 5.41 Å². The van der Waals surface area contributed by atoms with Crippen LogP contribution in [0.3, 0.4) is 0 Å². The quantitative estimate of drug-likeness (QED) is 0.766. The fourth-order valence-corrected chi connectivity index (χ4v) is 2.75. The minimum Gasteiger partial charge on any atom is -0.492 e. The van der Waals surface area contributed by atoms with E-state index in [0.29, 0.717) is 6.04 Å². The van der Waals surface area contributed by atoms with Gasteiger partial charge in [0.1, 0.15) is 5.75 Å². The Kier molecular flexibility index (Phi) is 6.34. The van der Waals surface area contributed by atoms with Gasteiger partial charge in [0, 0.05) is 6.04 Å². The minimum atomic E-state index is 0.222. The lowest BCUT2D eigenvalue weighted by molar-refractivity contribution is 0.245. The highest BCUT2D eigenvalue weighted by Gasteiger charge is 2.28. The third kappa shape index (κ3) is 4.22. The van der Waals surface area contributed by atoms with E-state index in [4.69, 9.17) is 4.74 Å². The molecule has 1 aromatic carbocycles. The van der Waals surface area contributed by atoms with Gasteiger partial charge in [-0.1, -0.05) is 33.8 Å². The second-order valence-electron chi connectivity index (χ2n) is 5.60. The van der Waals surface area contributed by atoms with Crippen molar-refractivity contribution in [1.29, 1.82) is 0 Å². The van der Waals surface area contributed by atoms with E-state index in [1.54, 1.807) is 0 Å². The van der Waals surface area contributed by atoms with Crippen LogP contribution in [-0.4, -0.2) is 13.7 Å². The van der Waals surface area contributed by atoms with Crippen LogP contribution in [0.5, 0.6) is 5.75 Å². The first kappa shape index (κ1) is 16.5. The molecule has 0 aromatic heterocycles. The zero-order valence-electron chi connectivity index (χ0n) is 12.7. The first-order chi connectivity index (χ1) is 8.96. The number of nitrogens with one attached hydrogen (secondary N) is 1. The van der Waals surface area contributed by atoms with Crippen molar-refractivity contribution in [3.63, 3.8) is 0 Å². The molecule has 2 nitrogen and oxygen atoms in total. The summed E-state index contributed by atoms with van der Waals surface area (Å²) in [6.07, 6.45) is 2.15. The van der Waals surface area contributed by atoms with E-state index >= 15 is 0 Å². The summed E-state index contributed by atoms with van der Waals surface area (Å²) in [6.45, 7) is 9.70. The summed E-state index contributed by atoms with van der Waals surface area (Å²) in [6, 6.07) is 6.73. The normalized spacial score (nSPS) is 13.4. The van der Waals surface area contributed by atoms with Crippen molar-refractivity contribution in [3.05, 3.63) is 28.2 Å². The first-order valence-corrected chi connectivity index (χ1v) is 7.85. The standard InChI is InChI=1S/C16H26BrNO/c1-6-10-19-14-9-8-12(11-13(14)17)15(18-5)16(3,4)7-2/h8-9,11,15,18H,6-7,10H2,1-5H3. The van der Waals surface area contributed by atoms with Gasteiger partial charge in [0.05, 0.1) is 11.1 Å². The maximum atomic E-state index is 5.70. The summed E-state index contributed by atoms with van der Waals surface area (Å²) in [5.41, 5.74) is 1.52. The zero-order valence-corrected chi connectivity index (χ0v) is 14.3. The summed E-state index contributed by atoms with van der Waals surface area (Å²) in [4.78, 5) is 0. The van der Waals surface area contributed by atoms with Crippen molar-refractivity contribution in [2.75, 3.05) is 13.7 Å². The van der Waals surface area contributed by atoms with Crippen LogP contribution < -0.4 is 10.1 Å². The summed E-state index contributed by atoms with van der Waals surface area (Å²) in [5, 5.41) is 3.44. The van der Waals surface area contributed by atoms with E-state index in [9.17, 15) is 0 Å². The largest absolute Gasteiger partial charge is 0.492 e. The topological polar surface area (TPSA) is 21.3 Å². The monoisotopic (exact) mass is 327 g/mol. The van der Waals surface area contributed by atoms with Crippen molar-refractivity contribution in [3.8, 4) is 5.75 Å². The molecule has 0 amide bonds. The molecule has 0 aliphatic rings. The fourth-order valence-electron chi connectivity index (χ4n) is 2.24. The van der Waals surface area contributed by atoms with E-state index in [-0.39, 0.29) is 5.41 Å². The molecule has 0 spiro atoms. The predicted octanol–water partition coefficient (Wildman–Crippen LogP) is 4.93. The zero-order chi connectivity index (χ0) is 14.5. The number of halogens is 1. The molecule has 1 unspecified atom stereocenters. The summed E-state index contributed by atoms with van der Waals surface area (Å²) in [7, 11) is 2.03. The number of benzene rings is 1. The van der Waals surface area contributed by atoms with Gasteiger partial charge in [-0.3, -0.25) is 0 Å². The second kappa shape index (κ2) is 7.30. The average molecular weight is 328 g/mol. The second-order valence-corrected chi connectivity index (χ2v) is 6.46. The summed E-state index contributed by atoms with van der Waals surface area (Å²) >= 11 is 3.61.